The van der Waals surface area contributed by atoms with Gasteiger partial charge in [-0.15, -0.1) is 0 Å². The van der Waals surface area contributed by atoms with Crippen molar-refractivity contribution in [2.75, 3.05) is 56.2 Å². The minimum absolute atomic E-state index is 0.206. The Bertz CT molecular complexity index is 1190. The van der Waals surface area contributed by atoms with Crippen LogP contribution in [0, 0.1) is 0 Å². The van der Waals surface area contributed by atoms with E-state index in [-0.39, 0.29) is 5.91 Å². The van der Waals surface area contributed by atoms with E-state index in [9.17, 15) is 9.90 Å². The van der Waals surface area contributed by atoms with Crippen molar-refractivity contribution in [3.63, 3.8) is 0 Å². The largest absolute Gasteiger partial charge is 0.478 e. The van der Waals surface area contributed by atoms with Crippen molar-refractivity contribution in [2.45, 2.75) is 32.1 Å². The van der Waals surface area contributed by atoms with Crippen molar-refractivity contribution >= 4 is 28.2 Å². The molecule has 0 saturated carbocycles. The lowest BCUT2D eigenvalue weighted by Gasteiger charge is -2.36. The van der Waals surface area contributed by atoms with Gasteiger partial charge in [0.15, 0.2) is 0 Å². The minimum atomic E-state index is -1.35. The molecule has 1 fully saturated rings. The first kappa shape index (κ1) is 24.5. The molecule has 1 amide bonds. The predicted molar refractivity (Wildman–Crippen MR) is 140 cm³/mol. The summed E-state index contributed by atoms with van der Waals surface area (Å²) in [4.78, 5) is 23.0. The number of rotatable bonds is 9. The maximum absolute atomic E-state index is 12.3. The number of benzene rings is 2. The Morgan fingerprint density at radius 2 is 1.78 bits per heavy atom. The SMILES string of the molecule is COC(O)N1C(=O)CCc2ccc(OCCCCN3CCN(c4cccc5ccccc45)CC3)nc21. The maximum Gasteiger partial charge on any atom is 0.245 e. The number of methoxy groups -OCH3 is 1. The molecular weight excluding hydrogens is 456 g/mol. The van der Waals surface area contributed by atoms with Gasteiger partial charge in [-0.05, 0) is 48.9 Å². The molecule has 1 aromatic heterocycles. The first-order valence-electron chi connectivity index (χ1n) is 12.7. The third-order valence-corrected chi connectivity index (χ3v) is 7.07. The number of aryl methyl sites for hydroxylation is 1. The molecular formula is C28H34N4O4. The van der Waals surface area contributed by atoms with Gasteiger partial charge in [0, 0.05) is 56.8 Å². The molecule has 0 bridgehead atoms. The number of anilines is 2. The van der Waals surface area contributed by atoms with E-state index in [1.807, 2.05) is 12.1 Å². The van der Waals surface area contributed by atoms with Crippen LogP contribution in [0.2, 0.25) is 0 Å². The van der Waals surface area contributed by atoms with Gasteiger partial charge in [-0.3, -0.25) is 9.69 Å². The second-order valence-electron chi connectivity index (χ2n) is 9.34. The van der Waals surface area contributed by atoms with Gasteiger partial charge < -0.3 is 19.5 Å². The van der Waals surface area contributed by atoms with E-state index in [1.54, 1.807) is 0 Å². The third kappa shape index (κ3) is 5.31. The topological polar surface area (TPSA) is 78.4 Å². The van der Waals surface area contributed by atoms with Crippen molar-refractivity contribution in [1.82, 2.24) is 9.88 Å². The monoisotopic (exact) mass is 490 g/mol. The highest BCUT2D eigenvalue weighted by Crippen LogP contribution is 2.30. The highest BCUT2D eigenvalue weighted by Gasteiger charge is 2.31. The normalized spacial score (nSPS) is 17.3. The molecule has 0 spiro atoms. The molecule has 1 atom stereocenters. The summed E-state index contributed by atoms with van der Waals surface area (Å²) < 4.78 is 10.8. The summed E-state index contributed by atoms with van der Waals surface area (Å²) in [7, 11) is 1.36. The lowest BCUT2D eigenvalue weighted by atomic mass is 10.1. The number of aromatic nitrogens is 1. The third-order valence-electron chi connectivity index (χ3n) is 7.07. The smallest absolute Gasteiger partial charge is 0.245 e. The Morgan fingerprint density at radius 1 is 0.972 bits per heavy atom. The van der Waals surface area contributed by atoms with E-state index in [0.717, 1.165) is 51.1 Å². The van der Waals surface area contributed by atoms with Crippen LogP contribution in [0.15, 0.2) is 54.6 Å². The van der Waals surface area contributed by atoms with Gasteiger partial charge >= 0.3 is 0 Å². The average Bonchev–Trinajstić information content (AvgIpc) is 2.92. The van der Waals surface area contributed by atoms with E-state index in [4.69, 9.17) is 9.47 Å². The number of nitrogens with zero attached hydrogens (tertiary/aromatic N) is 4. The fourth-order valence-electron chi connectivity index (χ4n) is 5.07. The van der Waals surface area contributed by atoms with Crippen molar-refractivity contribution in [3.05, 3.63) is 60.2 Å². The van der Waals surface area contributed by atoms with Crippen LogP contribution in [0.5, 0.6) is 5.88 Å². The summed E-state index contributed by atoms with van der Waals surface area (Å²) in [6.07, 6.45) is 1.55. The lowest BCUT2D eigenvalue weighted by molar-refractivity contribution is -0.130. The van der Waals surface area contributed by atoms with Gasteiger partial charge in [-0.25, -0.2) is 4.90 Å². The number of ether oxygens (including phenoxy) is 2. The van der Waals surface area contributed by atoms with Crippen LogP contribution in [-0.2, 0) is 16.0 Å². The average molecular weight is 491 g/mol. The zero-order valence-corrected chi connectivity index (χ0v) is 20.8. The van der Waals surface area contributed by atoms with E-state index >= 15 is 0 Å². The lowest BCUT2D eigenvalue weighted by Crippen LogP contribution is -2.46. The second-order valence-corrected chi connectivity index (χ2v) is 9.34. The highest BCUT2D eigenvalue weighted by molar-refractivity contribution is 5.95. The number of carbonyl (C=O) groups excluding carboxylic acids is 1. The number of aliphatic hydroxyl groups is 1. The maximum atomic E-state index is 12.3. The Balaban J connectivity index is 1.07. The quantitative estimate of drug-likeness (QED) is 0.364. The number of hydrogen-bond donors (Lipinski definition) is 1. The first-order valence-corrected chi connectivity index (χ1v) is 12.7. The van der Waals surface area contributed by atoms with Crippen molar-refractivity contribution in [1.29, 1.82) is 0 Å². The van der Waals surface area contributed by atoms with Crippen LogP contribution in [-0.4, -0.2) is 73.8 Å². The molecule has 2 aliphatic heterocycles. The molecule has 36 heavy (non-hydrogen) atoms. The molecule has 5 rings (SSSR count). The summed E-state index contributed by atoms with van der Waals surface area (Å²) in [6.45, 7) is 5.79. The summed E-state index contributed by atoms with van der Waals surface area (Å²) in [6, 6.07) is 18.9. The van der Waals surface area contributed by atoms with Gasteiger partial charge in [-0.1, -0.05) is 36.4 Å². The Kier molecular flexibility index (Phi) is 7.65. The molecule has 8 heteroatoms. The molecule has 3 aromatic rings. The van der Waals surface area contributed by atoms with Crippen LogP contribution < -0.4 is 14.5 Å². The number of hydrogen-bond acceptors (Lipinski definition) is 7. The molecule has 0 radical (unpaired) electrons. The summed E-state index contributed by atoms with van der Waals surface area (Å²) in [5.74, 6) is 0.671. The van der Waals surface area contributed by atoms with Gasteiger partial charge in [0.2, 0.25) is 18.2 Å². The Labute approximate surface area is 212 Å². The van der Waals surface area contributed by atoms with Gasteiger partial charge in [-0.2, -0.15) is 4.98 Å². The second kappa shape index (κ2) is 11.2. The number of amides is 1. The summed E-state index contributed by atoms with van der Waals surface area (Å²) in [5, 5.41) is 12.7. The van der Waals surface area contributed by atoms with Crippen molar-refractivity contribution in [3.8, 4) is 5.88 Å². The van der Waals surface area contributed by atoms with Crippen molar-refractivity contribution in [2.24, 2.45) is 0 Å². The molecule has 2 aliphatic rings. The number of pyridine rings is 1. The molecule has 1 N–H and O–H groups in total. The van der Waals surface area contributed by atoms with Gasteiger partial charge in [0.05, 0.1) is 6.61 Å². The van der Waals surface area contributed by atoms with Crippen LogP contribution in [0.1, 0.15) is 24.8 Å². The summed E-state index contributed by atoms with van der Waals surface area (Å²) >= 11 is 0. The fourth-order valence-corrected chi connectivity index (χ4v) is 5.07. The van der Waals surface area contributed by atoms with E-state index < -0.39 is 6.41 Å². The fraction of sp³-hybridized carbons (Fsp3) is 0.429. The Morgan fingerprint density at radius 3 is 2.61 bits per heavy atom. The molecule has 8 nitrogen and oxygen atoms in total. The molecule has 1 unspecified atom stereocenters. The zero-order valence-electron chi connectivity index (χ0n) is 20.8. The number of piperazine rings is 1. The van der Waals surface area contributed by atoms with E-state index in [0.29, 0.717) is 31.1 Å². The molecule has 3 heterocycles. The molecule has 190 valence electrons. The van der Waals surface area contributed by atoms with Crippen LogP contribution >= 0.6 is 0 Å². The van der Waals surface area contributed by atoms with Gasteiger partial charge in [0.25, 0.3) is 0 Å². The van der Waals surface area contributed by atoms with Gasteiger partial charge in [0.1, 0.15) is 5.82 Å². The number of carbonyl (C=O) groups is 1. The first-order chi connectivity index (χ1) is 17.6. The molecule has 1 saturated heterocycles. The number of aliphatic hydroxyl groups excluding tert-OH is 1. The highest BCUT2D eigenvalue weighted by atomic mass is 16.6. The number of unbranched alkanes of at least 4 members (excludes halogenated alkanes) is 1. The number of fused-ring (bicyclic) bond motifs is 2. The standard InChI is InChI=1S/C28H34N4O4/c1-35-28(34)32-26(33)14-12-22-11-13-25(29-27(22)32)36-20-5-4-15-30-16-18-31(19-17-30)24-10-6-8-21-7-2-3-9-23(21)24/h2-3,6-11,13,28,34H,4-5,12,14-20H2,1H3. The molecule has 2 aromatic carbocycles. The zero-order chi connectivity index (χ0) is 24.9. The Hall–Kier alpha value is -3.20. The molecule has 0 aliphatic carbocycles. The van der Waals surface area contributed by atoms with Crippen molar-refractivity contribution < 1.29 is 19.4 Å². The predicted octanol–water partition coefficient (Wildman–Crippen LogP) is 3.42. The minimum Gasteiger partial charge on any atom is -0.478 e. The van der Waals surface area contributed by atoms with Crippen LogP contribution in [0.3, 0.4) is 0 Å². The van der Waals surface area contributed by atoms with Crippen LogP contribution in [0.25, 0.3) is 10.8 Å². The van der Waals surface area contributed by atoms with E-state index in [1.165, 1.54) is 28.5 Å². The van der Waals surface area contributed by atoms with E-state index in [2.05, 4.69) is 57.2 Å². The summed E-state index contributed by atoms with van der Waals surface area (Å²) in [5.41, 5.74) is 2.23. The van der Waals surface area contributed by atoms with Crippen LogP contribution in [0.4, 0.5) is 11.5 Å².